The number of fused-ring (bicyclic) bond motifs is 1. The van der Waals surface area contributed by atoms with Crippen LogP contribution in [0.5, 0.6) is 5.75 Å². The Hall–Kier alpha value is -1.95. The normalized spacial score (nSPS) is 10.1. The number of aromatic amines is 1. The van der Waals surface area contributed by atoms with Gasteiger partial charge in [-0.1, -0.05) is 11.6 Å². The molecule has 0 unspecified atom stereocenters. The van der Waals surface area contributed by atoms with Crippen LogP contribution in [0.15, 0.2) is 18.2 Å². The maximum Gasteiger partial charge on any atom is 0.292 e. The molecular formula is C11H10N2O. The van der Waals surface area contributed by atoms with Crippen molar-refractivity contribution in [1.29, 1.82) is 5.26 Å². The molecule has 1 aromatic carbocycles. The summed E-state index contributed by atoms with van der Waals surface area (Å²) in [6, 6.07) is 6.02. The summed E-state index contributed by atoms with van der Waals surface area (Å²) < 4.78 is 4.92. The van der Waals surface area contributed by atoms with Gasteiger partial charge in [0.2, 0.25) is 0 Å². The molecule has 0 aliphatic rings. The third-order valence-corrected chi connectivity index (χ3v) is 2.23. The number of hydrogen-bond donors (Lipinski definition) is 1. The van der Waals surface area contributed by atoms with Crippen molar-refractivity contribution in [2.45, 2.75) is 13.8 Å². The predicted molar refractivity (Wildman–Crippen MR) is 54.0 cm³/mol. The topological polar surface area (TPSA) is 48.8 Å². The Morgan fingerprint density at radius 1 is 1.36 bits per heavy atom. The first-order chi connectivity index (χ1) is 6.72. The van der Waals surface area contributed by atoms with Gasteiger partial charge >= 0.3 is 0 Å². The Kier molecular flexibility index (Phi) is 1.90. The lowest BCUT2D eigenvalue weighted by molar-refractivity contribution is 0.508. The highest BCUT2D eigenvalue weighted by atomic mass is 16.5. The van der Waals surface area contributed by atoms with Crippen molar-refractivity contribution in [3.8, 4) is 12.0 Å². The van der Waals surface area contributed by atoms with Crippen LogP contribution in [-0.2, 0) is 0 Å². The molecule has 0 atom stereocenters. The number of nitrogens with zero attached hydrogens (tertiary/aromatic N) is 1. The molecule has 0 bridgehead atoms. The van der Waals surface area contributed by atoms with Crippen LogP contribution in [0.2, 0.25) is 0 Å². The van der Waals surface area contributed by atoms with Gasteiger partial charge < -0.3 is 9.72 Å². The molecule has 0 amide bonds. The fourth-order valence-electron chi connectivity index (χ4n) is 1.59. The van der Waals surface area contributed by atoms with Gasteiger partial charge in [-0.25, -0.2) is 0 Å². The Balaban J connectivity index is 2.74. The largest absolute Gasteiger partial charge is 0.385 e. The van der Waals surface area contributed by atoms with E-state index in [0.29, 0.717) is 5.75 Å². The lowest BCUT2D eigenvalue weighted by atomic mass is 10.2. The third-order valence-electron chi connectivity index (χ3n) is 2.23. The number of H-pyrrole nitrogens is 1. The van der Waals surface area contributed by atoms with Crippen molar-refractivity contribution in [2.75, 3.05) is 0 Å². The highest BCUT2D eigenvalue weighted by Gasteiger charge is 2.09. The zero-order valence-corrected chi connectivity index (χ0v) is 8.09. The summed E-state index contributed by atoms with van der Waals surface area (Å²) in [5.74, 6) is 0.631. The monoisotopic (exact) mass is 186 g/mol. The number of aromatic nitrogens is 1. The van der Waals surface area contributed by atoms with Crippen LogP contribution >= 0.6 is 0 Å². The van der Waals surface area contributed by atoms with Gasteiger partial charge in [-0.15, -0.1) is 5.26 Å². The first-order valence-electron chi connectivity index (χ1n) is 4.37. The van der Waals surface area contributed by atoms with Crippen LogP contribution in [0, 0.1) is 25.4 Å². The van der Waals surface area contributed by atoms with E-state index < -0.39 is 0 Å². The number of nitrogens with one attached hydrogen (secondary N) is 1. The molecule has 3 nitrogen and oxygen atoms in total. The van der Waals surface area contributed by atoms with E-state index in [2.05, 4.69) is 4.98 Å². The van der Waals surface area contributed by atoms with Gasteiger partial charge in [-0.05, 0) is 26.0 Å². The lowest BCUT2D eigenvalue weighted by Gasteiger charge is -1.95. The Morgan fingerprint density at radius 3 is 2.86 bits per heavy atom. The molecule has 0 fully saturated rings. The molecular weight excluding hydrogens is 176 g/mol. The first kappa shape index (κ1) is 8.64. The van der Waals surface area contributed by atoms with E-state index in [9.17, 15) is 0 Å². The second-order valence-corrected chi connectivity index (χ2v) is 3.32. The number of nitriles is 1. The maximum absolute atomic E-state index is 8.51. The van der Waals surface area contributed by atoms with Gasteiger partial charge in [0, 0.05) is 10.9 Å². The molecule has 2 rings (SSSR count). The van der Waals surface area contributed by atoms with Crippen LogP contribution in [0.1, 0.15) is 11.3 Å². The summed E-state index contributed by atoms with van der Waals surface area (Å²) in [5, 5.41) is 9.47. The van der Waals surface area contributed by atoms with Crippen LogP contribution < -0.4 is 4.74 Å². The van der Waals surface area contributed by atoms with Crippen molar-refractivity contribution in [3.05, 3.63) is 29.5 Å². The van der Waals surface area contributed by atoms with Crippen molar-refractivity contribution in [3.63, 3.8) is 0 Å². The lowest BCUT2D eigenvalue weighted by Crippen LogP contribution is -1.82. The summed E-state index contributed by atoms with van der Waals surface area (Å²) in [6.45, 7) is 3.90. The van der Waals surface area contributed by atoms with Gasteiger partial charge in [-0.3, -0.25) is 0 Å². The quantitative estimate of drug-likeness (QED) is 0.696. The molecule has 1 aromatic heterocycles. The summed E-state index contributed by atoms with van der Waals surface area (Å²) >= 11 is 0. The van der Waals surface area contributed by atoms with Crippen LogP contribution in [0.4, 0.5) is 0 Å². The van der Waals surface area contributed by atoms with Gasteiger partial charge in [0.05, 0.1) is 5.69 Å². The molecule has 0 spiro atoms. The molecule has 0 saturated carbocycles. The van der Waals surface area contributed by atoms with Crippen molar-refractivity contribution < 1.29 is 4.74 Å². The minimum Gasteiger partial charge on any atom is -0.385 e. The summed E-state index contributed by atoms with van der Waals surface area (Å²) in [4.78, 5) is 3.16. The average Bonchev–Trinajstić information content (AvgIpc) is 2.45. The zero-order chi connectivity index (χ0) is 10.1. The van der Waals surface area contributed by atoms with Crippen molar-refractivity contribution >= 4 is 10.9 Å². The van der Waals surface area contributed by atoms with E-state index in [1.165, 1.54) is 0 Å². The van der Waals surface area contributed by atoms with Crippen molar-refractivity contribution in [1.82, 2.24) is 4.98 Å². The standard InChI is InChI=1S/C11H10N2O/c1-7-3-4-10-9(5-7)11(14-6-12)8(2)13-10/h3-5,13H,1-2H3. The molecule has 14 heavy (non-hydrogen) atoms. The smallest absolute Gasteiger partial charge is 0.292 e. The maximum atomic E-state index is 8.51. The highest BCUT2D eigenvalue weighted by Crippen LogP contribution is 2.29. The molecule has 0 saturated heterocycles. The van der Waals surface area contributed by atoms with Gasteiger partial charge in [0.1, 0.15) is 0 Å². The molecule has 0 aliphatic heterocycles. The van der Waals surface area contributed by atoms with Gasteiger partial charge in [0.25, 0.3) is 6.26 Å². The van der Waals surface area contributed by atoms with Gasteiger partial charge in [-0.2, -0.15) is 0 Å². The van der Waals surface area contributed by atoms with E-state index in [1.54, 1.807) is 6.26 Å². The van der Waals surface area contributed by atoms with Crippen LogP contribution in [0.3, 0.4) is 0 Å². The number of ether oxygens (including phenoxy) is 1. The molecule has 2 aromatic rings. The van der Waals surface area contributed by atoms with E-state index in [1.807, 2.05) is 32.0 Å². The SMILES string of the molecule is Cc1ccc2[nH]c(C)c(OC#N)c2c1. The second-order valence-electron chi connectivity index (χ2n) is 3.32. The summed E-state index contributed by atoms with van der Waals surface area (Å²) in [5.41, 5.74) is 3.03. The number of benzene rings is 1. The fraction of sp³-hybridized carbons (Fsp3) is 0.182. The minimum atomic E-state index is 0.631. The van der Waals surface area contributed by atoms with E-state index in [4.69, 9.17) is 10.00 Å². The molecule has 0 radical (unpaired) electrons. The Bertz CT molecular complexity index is 520. The third kappa shape index (κ3) is 1.21. The summed E-state index contributed by atoms with van der Waals surface area (Å²) in [7, 11) is 0. The van der Waals surface area contributed by atoms with E-state index >= 15 is 0 Å². The number of aryl methyl sites for hydroxylation is 2. The average molecular weight is 186 g/mol. The highest BCUT2D eigenvalue weighted by molar-refractivity contribution is 5.88. The number of hydrogen-bond acceptors (Lipinski definition) is 2. The molecule has 0 aliphatic carbocycles. The van der Waals surface area contributed by atoms with Crippen LogP contribution in [0.25, 0.3) is 10.9 Å². The summed E-state index contributed by atoms with van der Waals surface area (Å²) in [6.07, 6.45) is 1.70. The molecule has 1 N–H and O–H groups in total. The Morgan fingerprint density at radius 2 is 2.14 bits per heavy atom. The predicted octanol–water partition coefficient (Wildman–Crippen LogP) is 2.64. The number of rotatable bonds is 1. The fourth-order valence-corrected chi connectivity index (χ4v) is 1.59. The molecule has 1 heterocycles. The van der Waals surface area contributed by atoms with Crippen LogP contribution in [-0.4, -0.2) is 4.98 Å². The molecule has 3 heteroatoms. The van der Waals surface area contributed by atoms with E-state index in [0.717, 1.165) is 22.2 Å². The Labute approximate surface area is 81.9 Å². The molecule has 70 valence electrons. The second kappa shape index (κ2) is 3.08. The minimum absolute atomic E-state index is 0.631. The zero-order valence-electron chi connectivity index (χ0n) is 8.09. The van der Waals surface area contributed by atoms with Gasteiger partial charge in [0.15, 0.2) is 5.75 Å². The van der Waals surface area contributed by atoms with E-state index in [-0.39, 0.29) is 0 Å². The first-order valence-corrected chi connectivity index (χ1v) is 4.37. The van der Waals surface area contributed by atoms with Crippen molar-refractivity contribution in [2.24, 2.45) is 0 Å².